The summed E-state index contributed by atoms with van der Waals surface area (Å²) in [6.45, 7) is 3.51. The highest BCUT2D eigenvalue weighted by Crippen LogP contribution is 2.25. The second kappa shape index (κ2) is 7.32. The van der Waals surface area contributed by atoms with Crippen LogP contribution in [0.4, 0.5) is 4.39 Å². The standard InChI is InChI=1S/C19H25FN2O2/c1-2-14-6-8-15(9-7-14)18(23)22-13-16(20)12-17(22)19(24)21-10-4-3-5-11-21/h6-9,16-17H,2-5,10-13H2,1H3/t16-,17-/m0/s1. The predicted octanol–water partition coefficient (Wildman–Crippen LogP) is 2.81. The zero-order chi connectivity index (χ0) is 17.1. The fourth-order valence-corrected chi connectivity index (χ4v) is 3.62. The Hall–Kier alpha value is -1.91. The van der Waals surface area contributed by atoms with Crippen LogP contribution in [0, 0.1) is 0 Å². The third-order valence-electron chi connectivity index (χ3n) is 5.07. The van der Waals surface area contributed by atoms with Crippen molar-refractivity contribution in [3.8, 4) is 0 Å². The van der Waals surface area contributed by atoms with Gasteiger partial charge in [-0.1, -0.05) is 19.1 Å². The molecule has 0 saturated carbocycles. The van der Waals surface area contributed by atoms with Gasteiger partial charge in [0, 0.05) is 25.1 Å². The molecule has 0 spiro atoms. The monoisotopic (exact) mass is 332 g/mol. The van der Waals surface area contributed by atoms with E-state index in [1.807, 2.05) is 12.1 Å². The molecule has 0 N–H and O–H groups in total. The van der Waals surface area contributed by atoms with Gasteiger partial charge in [0.25, 0.3) is 5.91 Å². The van der Waals surface area contributed by atoms with E-state index in [-0.39, 0.29) is 24.8 Å². The Morgan fingerprint density at radius 1 is 1.12 bits per heavy atom. The van der Waals surface area contributed by atoms with Crippen molar-refractivity contribution < 1.29 is 14.0 Å². The lowest BCUT2D eigenvalue weighted by atomic mass is 10.1. The Kier molecular flexibility index (Phi) is 5.17. The Morgan fingerprint density at radius 2 is 1.79 bits per heavy atom. The van der Waals surface area contributed by atoms with E-state index in [0.29, 0.717) is 5.56 Å². The number of hydrogen-bond acceptors (Lipinski definition) is 2. The Labute approximate surface area is 142 Å². The van der Waals surface area contributed by atoms with E-state index >= 15 is 0 Å². The lowest BCUT2D eigenvalue weighted by molar-refractivity contribution is -0.136. The van der Waals surface area contributed by atoms with Crippen LogP contribution in [0.15, 0.2) is 24.3 Å². The van der Waals surface area contributed by atoms with Crippen LogP contribution in [0.25, 0.3) is 0 Å². The van der Waals surface area contributed by atoms with Crippen molar-refractivity contribution >= 4 is 11.8 Å². The van der Waals surface area contributed by atoms with E-state index in [2.05, 4.69) is 6.92 Å². The molecular weight excluding hydrogens is 307 g/mol. The summed E-state index contributed by atoms with van der Waals surface area (Å²) in [6, 6.07) is 6.72. The minimum atomic E-state index is -1.12. The molecule has 3 rings (SSSR count). The topological polar surface area (TPSA) is 40.6 Å². The molecule has 24 heavy (non-hydrogen) atoms. The number of alkyl halides is 1. The van der Waals surface area contributed by atoms with Crippen molar-refractivity contribution in [2.24, 2.45) is 0 Å². The summed E-state index contributed by atoms with van der Waals surface area (Å²) in [7, 11) is 0. The number of rotatable bonds is 3. The van der Waals surface area contributed by atoms with Gasteiger partial charge in [-0.05, 0) is 43.4 Å². The minimum absolute atomic E-state index is 0.0125. The van der Waals surface area contributed by atoms with Gasteiger partial charge in [0.2, 0.25) is 5.91 Å². The number of piperidine rings is 1. The summed E-state index contributed by atoms with van der Waals surface area (Å²) in [6.07, 6.45) is 3.01. The molecule has 2 saturated heterocycles. The zero-order valence-electron chi connectivity index (χ0n) is 14.2. The molecule has 0 aromatic heterocycles. The molecule has 4 nitrogen and oxygen atoms in total. The molecule has 2 aliphatic rings. The number of nitrogens with zero attached hydrogens (tertiary/aromatic N) is 2. The Bertz CT molecular complexity index is 596. The maximum Gasteiger partial charge on any atom is 0.254 e. The molecule has 0 aliphatic carbocycles. The molecule has 0 unspecified atom stereocenters. The van der Waals surface area contributed by atoms with E-state index in [0.717, 1.165) is 44.3 Å². The minimum Gasteiger partial charge on any atom is -0.341 e. The van der Waals surface area contributed by atoms with Gasteiger partial charge in [0.05, 0.1) is 6.54 Å². The summed E-state index contributed by atoms with van der Waals surface area (Å²) < 4.78 is 14.0. The van der Waals surface area contributed by atoms with Crippen LogP contribution in [0.2, 0.25) is 0 Å². The van der Waals surface area contributed by atoms with Crippen LogP contribution < -0.4 is 0 Å². The number of benzene rings is 1. The largest absolute Gasteiger partial charge is 0.341 e. The lowest BCUT2D eigenvalue weighted by Gasteiger charge is -2.32. The number of amides is 2. The highest BCUT2D eigenvalue weighted by molar-refractivity contribution is 5.98. The summed E-state index contributed by atoms with van der Waals surface area (Å²) in [5.74, 6) is -0.332. The molecule has 1 aromatic carbocycles. The molecular formula is C19H25FN2O2. The number of likely N-dealkylation sites (tertiary alicyclic amines) is 2. The van der Waals surface area contributed by atoms with Gasteiger partial charge >= 0.3 is 0 Å². The molecule has 2 heterocycles. The van der Waals surface area contributed by atoms with E-state index in [4.69, 9.17) is 0 Å². The van der Waals surface area contributed by atoms with E-state index in [9.17, 15) is 14.0 Å². The molecule has 0 radical (unpaired) electrons. The summed E-state index contributed by atoms with van der Waals surface area (Å²) in [5, 5.41) is 0. The van der Waals surface area contributed by atoms with Gasteiger partial charge in [-0.25, -0.2) is 4.39 Å². The maximum absolute atomic E-state index is 14.0. The second-order valence-corrected chi connectivity index (χ2v) is 6.74. The van der Waals surface area contributed by atoms with Gasteiger partial charge in [-0.15, -0.1) is 0 Å². The quantitative estimate of drug-likeness (QED) is 0.854. The van der Waals surface area contributed by atoms with Crippen LogP contribution >= 0.6 is 0 Å². The summed E-state index contributed by atoms with van der Waals surface area (Å²) >= 11 is 0. The first kappa shape index (κ1) is 16.9. The normalized spacial score (nSPS) is 24.2. The van der Waals surface area contributed by atoms with Crippen LogP contribution in [0.1, 0.15) is 48.5 Å². The van der Waals surface area contributed by atoms with Gasteiger partial charge < -0.3 is 9.80 Å². The van der Waals surface area contributed by atoms with Crippen LogP contribution in [-0.2, 0) is 11.2 Å². The van der Waals surface area contributed by atoms with Gasteiger partial charge in [-0.2, -0.15) is 0 Å². The number of carbonyl (C=O) groups excluding carboxylic acids is 2. The number of aryl methyl sites for hydroxylation is 1. The molecule has 2 atom stereocenters. The number of hydrogen-bond donors (Lipinski definition) is 0. The van der Waals surface area contributed by atoms with Crippen LogP contribution in [-0.4, -0.2) is 53.5 Å². The predicted molar refractivity (Wildman–Crippen MR) is 90.6 cm³/mol. The van der Waals surface area contributed by atoms with Crippen LogP contribution in [0.5, 0.6) is 0 Å². The van der Waals surface area contributed by atoms with Crippen LogP contribution in [0.3, 0.4) is 0 Å². The molecule has 2 aliphatic heterocycles. The van der Waals surface area contributed by atoms with Gasteiger partial charge in [0.15, 0.2) is 0 Å². The van der Waals surface area contributed by atoms with Gasteiger partial charge in [0.1, 0.15) is 12.2 Å². The van der Waals surface area contributed by atoms with Gasteiger partial charge in [-0.3, -0.25) is 9.59 Å². The molecule has 0 bridgehead atoms. The van der Waals surface area contributed by atoms with Crippen molar-refractivity contribution in [3.05, 3.63) is 35.4 Å². The zero-order valence-corrected chi connectivity index (χ0v) is 14.2. The van der Waals surface area contributed by atoms with Crippen molar-refractivity contribution in [1.82, 2.24) is 9.80 Å². The molecule has 130 valence electrons. The molecule has 5 heteroatoms. The first-order valence-electron chi connectivity index (χ1n) is 8.93. The summed E-state index contributed by atoms with van der Waals surface area (Å²) in [4.78, 5) is 28.8. The maximum atomic E-state index is 14.0. The van der Waals surface area contributed by atoms with Crippen molar-refractivity contribution in [2.45, 2.75) is 51.2 Å². The Balaban J connectivity index is 1.76. The fraction of sp³-hybridized carbons (Fsp3) is 0.579. The first-order chi connectivity index (χ1) is 11.6. The fourth-order valence-electron chi connectivity index (χ4n) is 3.62. The molecule has 2 fully saturated rings. The molecule has 2 amide bonds. The third kappa shape index (κ3) is 3.45. The van der Waals surface area contributed by atoms with E-state index in [1.165, 1.54) is 4.90 Å². The third-order valence-corrected chi connectivity index (χ3v) is 5.07. The highest BCUT2D eigenvalue weighted by Gasteiger charge is 2.41. The van der Waals surface area contributed by atoms with E-state index < -0.39 is 12.2 Å². The van der Waals surface area contributed by atoms with Crippen molar-refractivity contribution in [2.75, 3.05) is 19.6 Å². The van der Waals surface area contributed by atoms with Crippen molar-refractivity contribution in [3.63, 3.8) is 0 Å². The Morgan fingerprint density at radius 3 is 2.42 bits per heavy atom. The highest BCUT2D eigenvalue weighted by atomic mass is 19.1. The van der Waals surface area contributed by atoms with Crippen molar-refractivity contribution in [1.29, 1.82) is 0 Å². The summed E-state index contributed by atoms with van der Waals surface area (Å²) in [5.41, 5.74) is 1.68. The second-order valence-electron chi connectivity index (χ2n) is 6.74. The molecule has 1 aromatic rings. The average Bonchev–Trinajstić information content (AvgIpc) is 3.03. The smallest absolute Gasteiger partial charge is 0.254 e. The SMILES string of the molecule is CCc1ccc(C(=O)N2C[C@@H](F)C[C@H]2C(=O)N2CCCCC2)cc1. The number of carbonyl (C=O) groups is 2. The number of halogens is 1. The van der Waals surface area contributed by atoms with E-state index in [1.54, 1.807) is 17.0 Å². The lowest BCUT2D eigenvalue weighted by Crippen LogP contribution is -2.49. The average molecular weight is 332 g/mol. The first-order valence-corrected chi connectivity index (χ1v) is 8.93.